The van der Waals surface area contributed by atoms with Gasteiger partial charge in [-0.1, -0.05) is 19.1 Å². The number of carboxylic acid groups (broad SMARTS) is 1. The molecule has 0 saturated carbocycles. The zero-order chi connectivity index (χ0) is 11.5. The first-order valence-corrected chi connectivity index (χ1v) is 5.38. The van der Waals surface area contributed by atoms with Gasteiger partial charge in [0.1, 0.15) is 12.2 Å². The van der Waals surface area contributed by atoms with Crippen LogP contribution >= 0.6 is 0 Å². The van der Waals surface area contributed by atoms with Crippen molar-refractivity contribution in [1.82, 2.24) is 9.55 Å². The van der Waals surface area contributed by atoms with Crippen molar-refractivity contribution < 1.29 is 9.90 Å². The molecule has 0 aliphatic carbocycles. The van der Waals surface area contributed by atoms with Gasteiger partial charge < -0.3 is 9.67 Å². The summed E-state index contributed by atoms with van der Waals surface area (Å²) in [4.78, 5) is 15.1. The standard InChI is InChI=1S/C12H14N2O2/c1-2-7-14-10-6-4-3-5-9(10)13-11(14)8-12(15)16/h3-6H,2,7-8H2,1H3,(H,15,16). The van der Waals surface area contributed by atoms with Gasteiger partial charge in [-0.2, -0.15) is 0 Å². The predicted octanol–water partition coefficient (Wildman–Crippen LogP) is 2.07. The highest BCUT2D eigenvalue weighted by atomic mass is 16.4. The van der Waals surface area contributed by atoms with Crippen molar-refractivity contribution in [2.24, 2.45) is 0 Å². The lowest BCUT2D eigenvalue weighted by atomic mass is 10.3. The van der Waals surface area contributed by atoms with E-state index in [0.29, 0.717) is 5.82 Å². The van der Waals surface area contributed by atoms with E-state index in [1.165, 1.54) is 0 Å². The second-order valence-electron chi connectivity index (χ2n) is 3.74. The van der Waals surface area contributed by atoms with Crippen LogP contribution in [0.25, 0.3) is 11.0 Å². The number of hydrogen-bond donors (Lipinski definition) is 1. The van der Waals surface area contributed by atoms with Crippen molar-refractivity contribution in [2.75, 3.05) is 0 Å². The number of imidazole rings is 1. The SMILES string of the molecule is CCCn1c(CC(=O)O)nc2ccccc21. The van der Waals surface area contributed by atoms with Gasteiger partial charge >= 0.3 is 5.97 Å². The van der Waals surface area contributed by atoms with E-state index < -0.39 is 5.97 Å². The quantitative estimate of drug-likeness (QED) is 0.854. The molecule has 0 bridgehead atoms. The zero-order valence-electron chi connectivity index (χ0n) is 9.18. The molecule has 0 aliphatic rings. The molecule has 1 aromatic heterocycles. The van der Waals surface area contributed by atoms with Crippen LogP contribution < -0.4 is 0 Å². The summed E-state index contributed by atoms with van der Waals surface area (Å²) in [6, 6.07) is 7.74. The lowest BCUT2D eigenvalue weighted by Crippen LogP contribution is -2.09. The number of hydrogen-bond acceptors (Lipinski definition) is 2. The average Bonchev–Trinajstić information content (AvgIpc) is 2.57. The van der Waals surface area contributed by atoms with Gasteiger partial charge in [0.25, 0.3) is 0 Å². The van der Waals surface area contributed by atoms with Crippen LogP contribution in [0.2, 0.25) is 0 Å². The molecule has 0 radical (unpaired) electrons. The van der Waals surface area contributed by atoms with E-state index in [1.54, 1.807) is 0 Å². The number of aromatic nitrogens is 2. The minimum atomic E-state index is -0.840. The van der Waals surface area contributed by atoms with Crippen molar-refractivity contribution >= 4 is 17.0 Å². The molecule has 0 aliphatic heterocycles. The van der Waals surface area contributed by atoms with Crippen LogP contribution in [0.4, 0.5) is 0 Å². The zero-order valence-corrected chi connectivity index (χ0v) is 9.18. The molecule has 0 spiro atoms. The van der Waals surface area contributed by atoms with E-state index in [9.17, 15) is 4.79 Å². The highest BCUT2D eigenvalue weighted by Crippen LogP contribution is 2.16. The molecule has 0 atom stereocenters. The number of aryl methyl sites for hydroxylation is 1. The van der Waals surface area contributed by atoms with E-state index in [2.05, 4.69) is 11.9 Å². The minimum Gasteiger partial charge on any atom is -0.481 e. The average molecular weight is 218 g/mol. The van der Waals surface area contributed by atoms with Crippen LogP contribution in [-0.4, -0.2) is 20.6 Å². The maximum atomic E-state index is 10.7. The van der Waals surface area contributed by atoms with Crippen molar-refractivity contribution in [3.8, 4) is 0 Å². The van der Waals surface area contributed by atoms with E-state index in [-0.39, 0.29) is 6.42 Å². The summed E-state index contributed by atoms with van der Waals surface area (Å²) in [5, 5.41) is 8.83. The van der Waals surface area contributed by atoms with Crippen molar-refractivity contribution in [3.63, 3.8) is 0 Å². The van der Waals surface area contributed by atoms with Crippen LogP contribution in [0.1, 0.15) is 19.2 Å². The summed E-state index contributed by atoms with van der Waals surface area (Å²) in [5.74, 6) is -0.205. The number of carbonyl (C=O) groups is 1. The van der Waals surface area contributed by atoms with Crippen molar-refractivity contribution in [3.05, 3.63) is 30.1 Å². The number of rotatable bonds is 4. The molecule has 84 valence electrons. The third kappa shape index (κ3) is 1.91. The number of aliphatic carboxylic acids is 1. The summed E-state index contributed by atoms with van der Waals surface area (Å²) >= 11 is 0. The summed E-state index contributed by atoms with van der Waals surface area (Å²) in [6.07, 6.45) is 0.946. The normalized spacial score (nSPS) is 10.8. The fourth-order valence-corrected chi connectivity index (χ4v) is 1.87. The van der Waals surface area contributed by atoms with E-state index in [0.717, 1.165) is 24.0 Å². The van der Waals surface area contributed by atoms with Crippen LogP contribution in [0.5, 0.6) is 0 Å². The second kappa shape index (κ2) is 4.35. The topological polar surface area (TPSA) is 55.1 Å². The Morgan fingerprint density at radius 2 is 2.19 bits per heavy atom. The Morgan fingerprint density at radius 3 is 2.88 bits per heavy atom. The molecule has 1 aromatic carbocycles. The summed E-state index contributed by atoms with van der Waals surface area (Å²) in [7, 11) is 0. The third-order valence-electron chi connectivity index (χ3n) is 2.49. The molecular weight excluding hydrogens is 204 g/mol. The molecule has 4 nitrogen and oxygen atoms in total. The largest absolute Gasteiger partial charge is 0.481 e. The molecule has 4 heteroatoms. The van der Waals surface area contributed by atoms with Gasteiger partial charge in [0, 0.05) is 6.54 Å². The first-order chi connectivity index (χ1) is 7.72. The van der Waals surface area contributed by atoms with Gasteiger partial charge in [-0.15, -0.1) is 0 Å². The van der Waals surface area contributed by atoms with Crippen LogP contribution in [-0.2, 0) is 17.8 Å². The number of para-hydroxylation sites is 2. The fraction of sp³-hybridized carbons (Fsp3) is 0.333. The third-order valence-corrected chi connectivity index (χ3v) is 2.49. The van der Waals surface area contributed by atoms with Gasteiger partial charge in [0.2, 0.25) is 0 Å². The molecular formula is C12H14N2O2. The first-order valence-electron chi connectivity index (χ1n) is 5.38. The molecule has 2 rings (SSSR count). The molecule has 1 heterocycles. The van der Waals surface area contributed by atoms with Crippen LogP contribution in [0.15, 0.2) is 24.3 Å². The Hall–Kier alpha value is -1.84. The monoisotopic (exact) mass is 218 g/mol. The Balaban J connectivity index is 2.53. The number of benzene rings is 1. The lowest BCUT2D eigenvalue weighted by Gasteiger charge is -2.05. The highest BCUT2D eigenvalue weighted by molar-refractivity contribution is 5.78. The highest BCUT2D eigenvalue weighted by Gasteiger charge is 2.12. The smallest absolute Gasteiger partial charge is 0.311 e. The molecule has 0 saturated heterocycles. The summed E-state index contributed by atoms with van der Waals surface area (Å²) < 4.78 is 1.99. The van der Waals surface area contributed by atoms with Gasteiger partial charge in [-0.3, -0.25) is 4.79 Å². The number of nitrogens with zero attached hydrogens (tertiary/aromatic N) is 2. The van der Waals surface area contributed by atoms with Crippen LogP contribution in [0, 0.1) is 0 Å². The Labute approximate surface area is 93.5 Å². The second-order valence-corrected chi connectivity index (χ2v) is 3.74. The predicted molar refractivity (Wildman–Crippen MR) is 61.4 cm³/mol. The van der Waals surface area contributed by atoms with Gasteiger partial charge in [0.05, 0.1) is 11.0 Å². The molecule has 2 aromatic rings. The van der Waals surface area contributed by atoms with Gasteiger partial charge in [-0.25, -0.2) is 4.98 Å². The minimum absolute atomic E-state index is 0.0192. The van der Waals surface area contributed by atoms with Gasteiger partial charge in [0.15, 0.2) is 0 Å². The lowest BCUT2D eigenvalue weighted by molar-refractivity contribution is -0.136. The fourth-order valence-electron chi connectivity index (χ4n) is 1.87. The summed E-state index contributed by atoms with van der Waals surface area (Å²) in [6.45, 7) is 2.88. The van der Waals surface area contributed by atoms with Gasteiger partial charge in [-0.05, 0) is 18.6 Å². The van der Waals surface area contributed by atoms with Crippen molar-refractivity contribution in [1.29, 1.82) is 0 Å². The first kappa shape index (κ1) is 10.7. The molecule has 16 heavy (non-hydrogen) atoms. The van der Waals surface area contributed by atoms with E-state index in [1.807, 2.05) is 28.8 Å². The molecule has 1 N–H and O–H groups in total. The maximum Gasteiger partial charge on any atom is 0.311 e. The van der Waals surface area contributed by atoms with Crippen molar-refractivity contribution in [2.45, 2.75) is 26.3 Å². The molecule has 0 unspecified atom stereocenters. The van der Waals surface area contributed by atoms with E-state index >= 15 is 0 Å². The van der Waals surface area contributed by atoms with E-state index in [4.69, 9.17) is 5.11 Å². The summed E-state index contributed by atoms with van der Waals surface area (Å²) in [5.41, 5.74) is 1.88. The number of fused-ring (bicyclic) bond motifs is 1. The molecule has 0 amide bonds. The Kier molecular flexibility index (Phi) is 2.90. The Bertz CT molecular complexity index is 517. The molecule has 0 fully saturated rings. The maximum absolute atomic E-state index is 10.7. The van der Waals surface area contributed by atoms with Crippen LogP contribution in [0.3, 0.4) is 0 Å². The number of carboxylic acids is 1. The Morgan fingerprint density at radius 1 is 1.44 bits per heavy atom.